The molecule has 0 unspecified atom stereocenters. The molecule has 6 nitrogen and oxygen atoms in total. The summed E-state index contributed by atoms with van der Waals surface area (Å²) >= 11 is 0. The van der Waals surface area contributed by atoms with Gasteiger partial charge in [-0.1, -0.05) is 6.07 Å². The largest absolute Gasteiger partial charge is 1.00 e. The first kappa shape index (κ1) is 16.8. The van der Waals surface area contributed by atoms with E-state index in [1.165, 1.54) is 17.0 Å². The number of halogens is 1. The molecule has 1 N–H and O–H groups in total. The number of anilines is 1. The summed E-state index contributed by atoms with van der Waals surface area (Å²) in [6.45, 7) is 0.286. The fraction of sp³-hybridized carbons (Fsp3) is 0.500. The standard InChI is InChI=1S/C14H15FN2O4.Li.H/c15-10-2-1-3-11(16-10)17-8-14(21-13(17)20)6-4-9(5-7-14)12(18)19;;/h1-3,9H,4-8H2,(H,18,19);;/q;+1;-1. The van der Waals surface area contributed by atoms with Crippen LogP contribution in [0.5, 0.6) is 0 Å². The van der Waals surface area contributed by atoms with Crippen molar-refractivity contribution in [3.8, 4) is 0 Å². The maximum atomic E-state index is 13.2. The summed E-state index contributed by atoms with van der Waals surface area (Å²) in [5.41, 5.74) is -0.670. The summed E-state index contributed by atoms with van der Waals surface area (Å²) in [6, 6.07) is 4.24. The Kier molecular flexibility index (Phi) is 4.78. The van der Waals surface area contributed by atoms with Crippen LogP contribution in [0.4, 0.5) is 15.0 Å². The van der Waals surface area contributed by atoms with Crippen molar-refractivity contribution < 1.29 is 44.1 Å². The van der Waals surface area contributed by atoms with E-state index in [1.807, 2.05) is 0 Å². The molecule has 1 aromatic heterocycles. The molecule has 1 saturated carbocycles. The van der Waals surface area contributed by atoms with Gasteiger partial charge in [0.15, 0.2) is 0 Å². The van der Waals surface area contributed by atoms with Crippen molar-refractivity contribution >= 4 is 17.9 Å². The van der Waals surface area contributed by atoms with Gasteiger partial charge >= 0.3 is 30.9 Å². The Morgan fingerprint density at radius 2 is 2.14 bits per heavy atom. The van der Waals surface area contributed by atoms with E-state index in [-0.39, 0.29) is 38.6 Å². The van der Waals surface area contributed by atoms with Gasteiger partial charge in [0.05, 0.1) is 12.5 Å². The van der Waals surface area contributed by atoms with Gasteiger partial charge in [0.2, 0.25) is 5.95 Å². The normalized spacial score (nSPS) is 27.4. The summed E-state index contributed by atoms with van der Waals surface area (Å²) < 4.78 is 18.6. The molecule has 1 spiro atoms. The molecule has 114 valence electrons. The number of pyridine rings is 1. The van der Waals surface area contributed by atoms with Gasteiger partial charge in [0.1, 0.15) is 11.4 Å². The van der Waals surface area contributed by atoms with E-state index >= 15 is 0 Å². The summed E-state index contributed by atoms with van der Waals surface area (Å²) in [4.78, 5) is 28.0. The number of aromatic nitrogens is 1. The first-order valence-corrected chi connectivity index (χ1v) is 6.85. The average Bonchev–Trinajstić information content (AvgIpc) is 2.76. The fourth-order valence-electron chi connectivity index (χ4n) is 3.00. The molecule has 2 heterocycles. The zero-order valence-electron chi connectivity index (χ0n) is 13.3. The minimum atomic E-state index is -0.808. The summed E-state index contributed by atoms with van der Waals surface area (Å²) in [6.07, 6.45) is 1.41. The third kappa shape index (κ3) is 3.11. The van der Waals surface area contributed by atoms with Crippen LogP contribution in [-0.4, -0.2) is 34.3 Å². The molecule has 22 heavy (non-hydrogen) atoms. The molecule has 1 amide bonds. The van der Waals surface area contributed by atoms with Crippen LogP contribution in [0.3, 0.4) is 0 Å². The van der Waals surface area contributed by atoms with E-state index in [0.29, 0.717) is 25.7 Å². The molecule has 0 atom stereocenters. The molecule has 8 heteroatoms. The molecule has 3 rings (SSSR count). The number of rotatable bonds is 2. The Labute approximate surface area is 140 Å². The maximum Gasteiger partial charge on any atom is 1.00 e. The number of carboxylic acid groups (broad SMARTS) is 1. The fourth-order valence-corrected chi connectivity index (χ4v) is 3.00. The van der Waals surface area contributed by atoms with E-state index in [1.54, 1.807) is 6.07 Å². The van der Waals surface area contributed by atoms with Gasteiger partial charge in [-0.2, -0.15) is 4.39 Å². The summed E-state index contributed by atoms with van der Waals surface area (Å²) in [5, 5.41) is 9.01. The van der Waals surface area contributed by atoms with Gasteiger partial charge in [-0.3, -0.25) is 9.69 Å². The minimum absolute atomic E-state index is 0. The van der Waals surface area contributed by atoms with Crippen LogP contribution in [0.2, 0.25) is 0 Å². The second-order valence-electron chi connectivity index (χ2n) is 5.57. The van der Waals surface area contributed by atoms with Crippen molar-refractivity contribution in [3.05, 3.63) is 24.1 Å². The van der Waals surface area contributed by atoms with Gasteiger partial charge in [0.25, 0.3) is 0 Å². The summed E-state index contributed by atoms with van der Waals surface area (Å²) in [7, 11) is 0. The van der Waals surface area contributed by atoms with Crippen molar-refractivity contribution in [1.82, 2.24) is 4.98 Å². The van der Waals surface area contributed by atoms with E-state index in [4.69, 9.17) is 9.84 Å². The Morgan fingerprint density at radius 1 is 1.45 bits per heavy atom. The molecule has 1 aliphatic carbocycles. The average molecular weight is 302 g/mol. The number of aliphatic carboxylic acids is 1. The van der Waals surface area contributed by atoms with E-state index in [2.05, 4.69) is 4.98 Å². The topological polar surface area (TPSA) is 79.7 Å². The van der Waals surface area contributed by atoms with Gasteiger partial charge in [-0.15, -0.1) is 0 Å². The van der Waals surface area contributed by atoms with Crippen LogP contribution < -0.4 is 23.8 Å². The first-order chi connectivity index (χ1) is 9.99. The zero-order valence-corrected chi connectivity index (χ0v) is 12.3. The second-order valence-corrected chi connectivity index (χ2v) is 5.57. The van der Waals surface area contributed by atoms with Crippen LogP contribution >= 0.6 is 0 Å². The minimum Gasteiger partial charge on any atom is -1.00 e. The number of carbonyl (C=O) groups excluding carboxylic acids is 1. The van der Waals surface area contributed by atoms with Crippen LogP contribution in [0, 0.1) is 11.9 Å². The number of amides is 1. The van der Waals surface area contributed by atoms with E-state index < -0.39 is 23.6 Å². The number of hydrogen-bond acceptors (Lipinski definition) is 4. The smallest absolute Gasteiger partial charge is 1.00 e. The quantitative estimate of drug-likeness (QED) is 0.578. The van der Waals surface area contributed by atoms with Crippen LogP contribution in [-0.2, 0) is 9.53 Å². The Bertz CT molecular complexity index is 596. The van der Waals surface area contributed by atoms with Crippen molar-refractivity contribution in [3.63, 3.8) is 0 Å². The molecule has 1 aliphatic heterocycles. The molecule has 2 fully saturated rings. The number of carbonyl (C=O) groups is 2. The Hall–Kier alpha value is -1.58. The van der Waals surface area contributed by atoms with Gasteiger partial charge < -0.3 is 11.3 Å². The number of ether oxygens (including phenoxy) is 1. The van der Waals surface area contributed by atoms with E-state index in [9.17, 15) is 14.0 Å². The molecule has 1 aromatic rings. The predicted octanol–water partition coefficient (Wildman–Crippen LogP) is -0.693. The zero-order chi connectivity index (χ0) is 15.0. The molecular weight excluding hydrogens is 286 g/mol. The van der Waals surface area contributed by atoms with Gasteiger partial charge in [-0.05, 0) is 37.8 Å². The molecule has 2 aliphatic rings. The molecular formula is C14H16FLiN2O4. The Balaban J connectivity index is 0.00000132. The number of carboxylic acids is 1. The Morgan fingerprint density at radius 3 is 2.73 bits per heavy atom. The van der Waals surface area contributed by atoms with Gasteiger partial charge in [0, 0.05) is 0 Å². The monoisotopic (exact) mass is 302 g/mol. The van der Waals surface area contributed by atoms with Crippen LogP contribution in [0.15, 0.2) is 18.2 Å². The maximum absolute atomic E-state index is 13.2. The van der Waals surface area contributed by atoms with Crippen molar-refractivity contribution in [1.29, 1.82) is 0 Å². The molecule has 0 bridgehead atoms. The van der Waals surface area contributed by atoms with Crippen LogP contribution in [0.1, 0.15) is 27.1 Å². The van der Waals surface area contributed by atoms with Crippen LogP contribution in [0.25, 0.3) is 0 Å². The predicted molar refractivity (Wildman–Crippen MR) is 71.5 cm³/mol. The molecule has 1 saturated heterocycles. The second kappa shape index (κ2) is 6.27. The van der Waals surface area contributed by atoms with E-state index in [0.717, 1.165) is 0 Å². The third-order valence-electron chi connectivity index (χ3n) is 4.19. The SMILES string of the molecule is O=C(O)C1CCC2(CC1)CN(c1cccc(F)n1)C(=O)O2.[H-].[Li+]. The van der Waals surface area contributed by atoms with Crippen molar-refractivity contribution in [2.75, 3.05) is 11.4 Å². The summed E-state index contributed by atoms with van der Waals surface area (Å²) in [5.74, 6) is -1.62. The van der Waals surface area contributed by atoms with Crippen molar-refractivity contribution in [2.45, 2.75) is 31.3 Å². The third-order valence-corrected chi connectivity index (χ3v) is 4.19. The number of hydrogen-bond donors (Lipinski definition) is 1. The number of nitrogens with zero attached hydrogens (tertiary/aromatic N) is 2. The molecule has 0 radical (unpaired) electrons. The van der Waals surface area contributed by atoms with Crippen molar-refractivity contribution in [2.24, 2.45) is 5.92 Å². The van der Waals surface area contributed by atoms with Gasteiger partial charge in [-0.25, -0.2) is 9.78 Å². The first-order valence-electron chi connectivity index (χ1n) is 6.85. The molecule has 0 aromatic carbocycles.